The van der Waals surface area contributed by atoms with Crippen molar-refractivity contribution in [3.63, 3.8) is 0 Å². The molecule has 0 spiro atoms. The molecule has 1 aromatic heterocycles. The molecule has 120 valence electrons. The fraction of sp³-hybridized carbons (Fsp3) is 0.471. The van der Waals surface area contributed by atoms with Crippen molar-refractivity contribution in [2.24, 2.45) is 0 Å². The van der Waals surface area contributed by atoms with E-state index in [-0.39, 0.29) is 6.61 Å². The molecule has 0 aliphatic rings. The molecule has 2 aromatic rings. The maximum absolute atomic E-state index is 9.13. The summed E-state index contributed by atoms with van der Waals surface area (Å²) in [5.74, 6) is 1.88. The topological polar surface area (TPSA) is 59.3 Å². The summed E-state index contributed by atoms with van der Waals surface area (Å²) in [5, 5.41) is 17.0. The van der Waals surface area contributed by atoms with E-state index >= 15 is 0 Å². The molecule has 0 amide bonds. The molecule has 0 atom stereocenters. The summed E-state index contributed by atoms with van der Waals surface area (Å²) in [6.07, 6.45) is 1.01. The molecule has 0 bridgehead atoms. The van der Waals surface area contributed by atoms with Crippen LogP contribution in [0.25, 0.3) is 0 Å². The van der Waals surface area contributed by atoms with E-state index in [0.717, 1.165) is 35.9 Å². The Bertz CT molecular complexity index is 591. The van der Waals surface area contributed by atoms with Crippen molar-refractivity contribution in [2.45, 2.75) is 40.3 Å². The summed E-state index contributed by atoms with van der Waals surface area (Å²) in [5.41, 5.74) is 3.29. The van der Waals surface area contributed by atoms with Gasteiger partial charge >= 0.3 is 0 Å². The van der Waals surface area contributed by atoms with Crippen molar-refractivity contribution in [1.29, 1.82) is 0 Å². The van der Waals surface area contributed by atoms with Crippen molar-refractivity contribution in [1.82, 2.24) is 9.78 Å². The van der Waals surface area contributed by atoms with Gasteiger partial charge in [0, 0.05) is 12.1 Å². The van der Waals surface area contributed by atoms with Crippen LogP contribution >= 0.6 is 0 Å². The van der Waals surface area contributed by atoms with Crippen LogP contribution in [0.2, 0.25) is 0 Å². The van der Waals surface area contributed by atoms with Crippen LogP contribution in [0.5, 0.6) is 5.75 Å². The van der Waals surface area contributed by atoms with Gasteiger partial charge in [-0.25, -0.2) is 4.68 Å². The van der Waals surface area contributed by atoms with Crippen LogP contribution in [0.3, 0.4) is 0 Å². The molecule has 1 heterocycles. The molecule has 0 aliphatic heterocycles. The van der Waals surface area contributed by atoms with Gasteiger partial charge in [0.2, 0.25) is 0 Å². The zero-order valence-corrected chi connectivity index (χ0v) is 13.6. The van der Waals surface area contributed by atoms with E-state index in [1.165, 1.54) is 5.56 Å². The maximum atomic E-state index is 9.13. The highest BCUT2D eigenvalue weighted by Crippen LogP contribution is 2.20. The van der Waals surface area contributed by atoms with E-state index < -0.39 is 0 Å². The molecule has 22 heavy (non-hydrogen) atoms. The monoisotopic (exact) mass is 303 g/mol. The molecule has 1 aromatic carbocycles. The van der Waals surface area contributed by atoms with Crippen LogP contribution in [-0.2, 0) is 13.1 Å². The number of aliphatic hydroxyl groups is 1. The van der Waals surface area contributed by atoms with Crippen LogP contribution in [0.1, 0.15) is 30.2 Å². The first-order chi connectivity index (χ1) is 10.7. The van der Waals surface area contributed by atoms with Crippen molar-refractivity contribution in [3.05, 3.63) is 41.1 Å². The SMILES string of the molecule is CCCOc1ccc(CNc2c(C)c(C)nn2CCO)cc1. The Morgan fingerprint density at radius 2 is 1.95 bits per heavy atom. The number of aryl methyl sites for hydroxylation is 1. The number of nitrogens with zero attached hydrogens (tertiary/aromatic N) is 2. The molecule has 2 N–H and O–H groups in total. The molecule has 0 saturated heterocycles. The Labute approximate surface area is 131 Å². The van der Waals surface area contributed by atoms with Gasteiger partial charge in [0.25, 0.3) is 0 Å². The number of anilines is 1. The van der Waals surface area contributed by atoms with Crippen LogP contribution in [-0.4, -0.2) is 28.1 Å². The summed E-state index contributed by atoms with van der Waals surface area (Å²) < 4.78 is 7.41. The maximum Gasteiger partial charge on any atom is 0.127 e. The molecular weight excluding hydrogens is 278 g/mol. The Kier molecular flexibility index (Phi) is 5.83. The van der Waals surface area contributed by atoms with Crippen LogP contribution in [0.4, 0.5) is 5.82 Å². The Morgan fingerprint density at radius 3 is 2.59 bits per heavy atom. The fourth-order valence-electron chi connectivity index (χ4n) is 2.26. The van der Waals surface area contributed by atoms with E-state index in [2.05, 4.69) is 29.5 Å². The minimum atomic E-state index is 0.0820. The summed E-state index contributed by atoms with van der Waals surface area (Å²) >= 11 is 0. The van der Waals surface area contributed by atoms with Gasteiger partial charge in [-0.15, -0.1) is 0 Å². The van der Waals surface area contributed by atoms with Gasteiger partial charge in [0.1, 0.15) is 11.6 Å². The molecule has 5 nitrogen and oxygen atoms in total. The molecule has 5 heteroatoms. The summed E-state index contributed by atoms with van der Waals surface area (Å²) in [4.78, 5) is 0. The minimum absolute atomic E-state index is 0.0820. The highest BCUT2D eigenvalue weighted by Gasteiger charge is 2.10. The molecule has 0 aliphatic carbocycles. The molecule has 0 fully saturated rings. The third-order valence-corrected chi connectivity index (χ3v) is 3.59. The van der Waals surface area contributed by atoms with Gasteiger partial charge in [-0.1, -0.05) is 19.1 Å². The van der Waals surface area contributed by atoms with Crippen LogP contribution in [0.15, 0.2) is 24.3 Å². The predicted molar refractivity (Wildman–Crippen MR) is 88.3 cm³/mol. The third-order valence-electron chi connectivity index (χ3n) is 3.59. The molecule has 0 saturated carbocycles. The largest absolute Gasteiger partial charge is 0.494 e. The number of hydrogen-bond donors (Lipinski definition) is 2. The fourth-order valence-corrected chi connectivity index (χ4v) is 2.26. The summed E-state index contributed by atoms with van der Waals surface area (Å²) in [7, 11) is 0. The zero-order chi connectivity index (χ0) is 15.9. The minimum Gasteiger partial charge on any atom is -0.494 e. The first-order valence-corrected chi connectivity index (χ1v) is 7.76. The Balaban J connectivity index is 2.00. The molecule has 0 unspecified atom stereocenters. The van der Waals surface area contributed by atoms with Gasteiger partial charge < -0.3 is 15.2 Å². The van der Waals surface area contributed by atoms with E-state index in [1.54, 1.807) is 0 Å². The van der Waals surface area contributed by atoms with Crippen molar-refractivity contribution in [2.75, 3.05) is 18.5 Å². The van der Waals surface area contributed by atoms with Crippen molar-refractivity contribution < 1.29 is 9.84 Å². The quantitative estimate of drug-likeness (QED) is 0.787. The highest BCUT2D eigenvalue weighted by molar-refractivity contribution is 5.47. The van der Waals surface area contributed by atoms with Gasteiger partial charge in [0.15, 0.2) is 0 Å². The zero-order valence-electron chi connectivity index (χ0n) is 13.6. The standard InChI is InChI=1S/C17H25N3O2/c1-4-11-22-16-7-5-15(6-8-16)12-18-17-13(2)14(3)19-20(17)9-10-21/h5-8,18,21H,4,9-12H2,1-3H3. The number of ether oxygens (including phenoxy) is 1. The van der Waals surface area contributed by atoms with Gasteiger partial charge in [-0.05, 0) is 38.0 Å². The number of benzene rings is 1. The molecule has 2 rings (SSSR count). The van der Waals surface area contributed by atoms with E-state index in [4.69, 9.17) is 9.84 Å². The lowest BCUT2D eigenvalue weighted by Crippen LogP contribution is -2.11. The molecular formula is C17H25N3O2. The second kappa shape index (κ2) is 7.84. The summed E-state index contributed by atoms with van der Waals surface area (Å²) in [6.45, 7) is 8.16. The average molecular weight is 303 g/mol. The van der Waals surface area contributed by atoms with E-state index in [9.17, 15) is 0 Å². The normalized spacial score (nSPS) is 10.7. The summed E-state index contributed by atoms with van der Waals surface area (Å²) in [6, 6.07) is 8.12. The average Bonchev–Trinajstić information content (AvgIpc) is 2.79. The van der Waals surface area contributed by atoms with Gasteiger partial charge in [-0.2, -0.15) is 5.10 Å². The van der Waals surface area contributed by atoms with E-state index in [0.29, 0.717) is 13.1 Å². The predicted octanol–water partition coefficient (Wildman–Crippen LogP) is 2.89. The third kappa shape index (κ3) is 4.01. The lowest BCUT2D eigenvalue weighted by molar-refractivity contribution is 0.270. The van der Waals surface area contributed by atoms with E-state index in [1.807, 2.05) is 30.7 Å². The first-order valence-electron chi connectivity index (χ1n) is 7.76. The lowest BCUT2D eigenvalue weighted by Gasteiger charge is -2.11. The number of aliphatic hydroxyl groups excluding tert-OH is 1. The number of nitrogens with one attached hydrogen (secondary N) is 1. The second-order valence-corrected chi connectivity index (χ2v) is 5.35. The highest BCUT2D eigenvalue weighted by atomic mass is 16.5. The van der Waals surface area contributed by atoms with Crippen LogP contribution in [0, 0.1) is 13.8 Å². The van der Waals surface area contributed by atoms with Crippen LogP contribution < -0.4 is 10.1 Å². The number of rotatable bonds is 8. The van der Waals surface area contributed by atoms with Gasteiger partial charge in [-0.3, -0.25) is 0 Å². The lowest BCUT2D eigenvalue weighted by atomic mass is 10.2. The Morgan fingerprint density at radius 1 is 1.23 bits per heavy atom. The van der Waals surface area contributed by atoms with Gasteiger partial charge in [0.05, 0.1) is 25.5 Å². The van der Waals surface area contributed by atoms with Crippen molar-refractivity contribution in [3.8, 4) is 5.75 Å². The number of aromatic nitrogens is 2. The van der Waals surface area contributed by atoms with Crippen molar-refractivity contribution >= 4 is 5.82 Å². The number of hydrogen-bond acceptors (Lipinski definition) is 4. The second-order valence-electron chi connectivity index (χ2n) is 5.35. The smallest absolute Gasteiger partial charge is 0.127 e. The first kappa shape index (κ1) is 16.4. The Hall–Kier alpha value is -2.01. The molecule has 0 radical (unpaired) electrons.